The van der Waals surface area contributed by atoms with Gasteiger partial charge in [0.25, 0.3) is 0 Å². The van der Waals surface area contributed by atoms with Crippen molar-refractivity contribution in [3.05, 3.63) is 23.8 Å². The van der Waals surface area contributed by atoms with Crippen molar-refractivity contribution in [3.8, 4) is 0 Å². The number of hydrogen-bond donors (Lipinski definition) is 1. The highest BCUT2D eigenvalue weighted by Gasteiger charge is 2.08. The minimum atomic E-state index is 0.531. The van der Waals surface area contributed by atoms with Gasteiger partial charge in [0.1, 0.15) is 0 Å². The average molecular weight is 192 g/mol. The molecule has 0 aliphatic heterocycles. The van der Waals surface area contributed by atoms with E-state index in [2.05, 4.69) is 37.8 Å². The molecule has 78 valence electrons. The van der Waals surface area contributed by atoms with Crippen molar-refractivity contribution >= 4 is 11.4 Å². The van der Waals surface area contributed by atoms with Crippen LogP contribution in [0.25, 0.3) is 0 Å². The topological polar surface area (TPSA) is 29.3 Å². The van der Waals surface area contributed by atoms with E-state index in [0.717, 1.165) is 17.8 Å². The van der Waals surface area contributed by atoms with Gasteiger partial charge in [0, 0.05) is 24.0 Å². The molecule has 0 unspecified atom stereocenters. The van der Waals surface area contributed by atoms with Crippen molar-refractivity contribution in [1.29, 1.82) is 0 Å². The van der Waals surface area contributed by atoms with Crippen LogP contribution in [0.4, 0.5) is 11.4 Å². The summed E-state index contributed by atoms with van der Waals surface area (Å²) in [6, 6.07) is 6.75. The molecule has 0 amide bonds. The minimum absolute atomic E-state index is 0.531. The smallest absolute Gasteiger partial charge is 0.0372 e. The fourth-order valence-electron chi connectivity index (χ4n) is 1.68. The van der Waals surface area contributed by atoms with Crippen LogP contribution in [-0.2, 0) is 0 Å². The van der Waals surface area contributed by atoms with Crippen LogP contribution >= 0.6 is 0 Å². The van der Waals surface area contributed by atoms with Crippen LogP contribution in [0.5, 0.6) is 0 Å². The van der Waals surface area contributed by atoms with Gasteiger partial charge in [-0.05, 0) is 51.5 Å². The van der Waals surface area contributed by atoms with Crippen LogP contribution in [0.1, 0.15) is 26.3 Å². The van der Waals surface area contributed by atoms with Crippen LogP contribution in [0.15, 0.2) is 18.2 Å². The zero-order chi connectivity index (χ0) is 10.7. The third-order valence-corrected chi connectivity index (χ3v) is 2.55. The number of nitrogens with zero attached hydrogens (tertiary/aromatic N) is 1. The first-order chi connectivity index (χ1) is 6.56. The van der Waals surface area contributed by atoms with Gasteiger partial charge in [-0.3, -0.25) is 0 Å². The van der Waals surface area contributed by atoms with E-state index < -0.39 is 0 Å². The molecule has 0 aliphatic rings. The Morgan fingerprint density at radius 1 is 1.36 bits per heavy atom. The Hall–Kier alpha value is -1.18. The summed E-state index contributed by atoms with van der Waals surface area (Å²) in [5.74, 6) is 0. The van der Waals surface area contributed by atoms with Crippen LogP contribution in [0, 0.1) is 6.92 Å². The molecule has 0 saturated carbocycles. The van der Waals surface area contributed by atoms with Crippen molar-refractivity contribution in [2.45, 2.75) is 33.7 Å². The van der Waals surface area contributed by atoms with Gasteiger partial charge < -0.3 is 10.6 Å². The summed E-state index contributed by atoms with van der Waals surface area (Å²) >= 11 is 0. The molecule has 0 aliphatic carbocycles. The molecule has 1 aromatic carbocycles. The lowest BCUT2D eigenvalue weighted by Gasteiger charge is -2.28. The summed E-state index contributed by atoms with van der Waals surface area (Å²) in [4.78, 5) is 2.35. The molecule has 0 aromatic heterocycles. The lowest BCUT2D eigenvalue weighted by molar-refractivity contribution is 0.703. The molecule has 0 saturated heterocycles. The molecule has 2 heteroatoms. The zero-order valence-electron chi connectivity index (χ0n) is 9.54. The summed E-state index contributed by atoms with van der Waals surface area (Å²) in [6.07, 6.45) is 0. The van der Waals surface area contributed by atoms with Crippen LogP contribution in [0.2, 0.25) is 0 Å². The zero-order valence-corrected chi connectivity index (χ0v) is 9.54. The molecule has 0 fully saturated rings. The fraction of sp³-hybridized carbons (Fsp3) is 0.500. The second kappa shape index (κ2) is 4.36. The number of hydrogen-bond acceptors (Lipinski definition) is 2. The average Bonchev–Trinajstić information content (AvgIpc) is 2.11. The van der Waals surface area contributed by atoms with Crippen LogP contribution in [0.3, 0.4) is 0 Å². The Bertz CT molecular complexity index is 305. The molecule has 14 heavy (non-hydrogen) atoms. The van der Waals surface area contributed by atoms with Gasteiger partial charge in [-0.25, -0.2) is 0 Å². The summed E-state index contributed by atoms with van der Waals surface area (Å²) < 4.78 is 0. The van der Waals surface area contributed by atoms with Crippen molar-refractivity contribution < 1.29 is 0 Å². The number of nitrogen functional groups attached to an aromatic ring is 1. The van der Waals surface area contributed by atoms with Crippen molar-refractivity contribution in [2.75, 3.05) is 17.2 Å². The van der Waals surface area contributed by atoms with Crippen LogP contribution in [-0.4, -0.2) is 12.6 Å². The van der Waals surface area contributed by atoms with Gasteiger partial charge in [-0.1, -0.05) is 0 Å². The van der Waals surface area contributed by atoms with Gasteiger partial charge in [0.15, 0.2) is 0 Å². The van der Waals surface area contributed by atoms with Crippen LogP contribution < -0.4 is 10.6 Å². The third-order valence-electron chi connectivity index (χ3n) is 2.55. The highest BCUT2D eigenvalue weighted by molar-refractivity contribution is 5.58. The van der Waals surface area contributed by atoms with E-state index in [4.69, 9.17) is 5.73 Å². The van der Waals surface area contributed by atoms with Gasteiger partial charge >= 0.3 is 0 Å². The van der Waals surface area contributed by atoms with Crippen molar-refractivity contribution in [2.24, 2.45) is 0 Å². The quantitative estimate of drug-likeness (QED) is 0.746. The lowest BCUT2D eigenvalue weighted by Crippen LogP contribution is -2.30. The lowest BCUT2D eigenvalue weighted by atomic mass is 10.1. The molecule has 0 spiro atoms. The van der Waals surface area contributed by atoms with E-state index in [9.17, 15) is 0 Å². The first-order valence-electron chi connectivity index (χ1n) is 5.19. The van der Waals surface area contributed by atoms with Gasteiger partial charge in [0.05, 0.1) is 0 Å². The van der Waals surface area contributed by atoms with E-state index in [1.54, 1.807) is 0 Å². The number of benzene rings is 1. The van der Waals surface area contributed by atoms with Gasteiger partial charge in [-0.15, -0.1) is 0 Å². The molecule has 1 rings (SSSR count). The SMILES string of the molecule is CCN(c1ccc(N)c(C)c1)C(C)C. The molecule has 0 radical (unpaired) electrons. The van der Waals surface area contributed by atoms with Gasteiger partial charge in [0.2, 0.25) is 0 Å². The number of anilines is 2. The Kier molecular flexibility index (Phi) is 3.39. The van der Waals surface area contributed by atoms with E-state index in [-0.39, 0.29) is 0 Å². The second-order valence-corrected chi connectivity index (χ2v) is 3.92. The van der Waals surface area contributed by atoms with E-state index in [1.165, 1.54) is 5.69 Å². The van der Waals surface area contributed by atoms with E-state index in [0.29, 0.717) is 6.04 Å². The maximum absolute atomic E-state index is 5.79. The summed E-state index contributed by atoms with van der Waals surface area (Å²) in [5.41, 5.74) is 9.07. The van der Waals surface area contributed by atoms with E-state index in [1.807, 2.05) is 13.0 Å². The Morgan fingerprint density at radius 2 is 2.00 bits per heavy atom. The highest BCUT2D eigenvalue weighted by atomic mass is 15.1. The van der Waals surface area contributed by atoms with Crippen molar-refractivity contribution in [3.63, 3.8) is 0 Å². The summed E-state index contributed by atoms with van der Waals surface area (Å²) in [7, 11) is 0. The highest BCUT2D eigenvalue weighted by Crippen LogP contribution is 2.21. The molecule has 0 bridgehead atoms. The standard InChI is InChI=1S/C12H20N2/c1-5-14(9(2)3)11-6-7-12(13)10(4)8-11/h6-9H,5,13H2,1-4H3. The minimum Gasteiger partial charge on any atom is -0.399 e. The Morgan fingerprint density at radius 3 is 2.43 bits per heavy atom. The number of aryl methyl sites for hydroxylation is 1. The second-order valence-electron chi connectivity index (χ2n) is 3.92. The van der Waals surface area contributed by atoms with Crippen molar-refractivity contribution in [1.82, 2.24) is 0 Å². The largest absolute Gasteiger partial charge is 0.399 e. The summed E-state index contributed by atoms with van der Waals surface area (Å²) in [5, 5.41) is 0. The summed E-state index contributed by atoms with van der Waals surface area (Å²) in [6.45, 7) is 9.66. The maximum Gasteiger partial charge on any atom is 0.0372 e. The Labute approximate surface area is 86.7 Å². The van der Waals surface area contributed by atoms with Gasteiger partial charge in [-0.2, -0.15) is 0 Å². The third kappa shape index (κ3) is 2.19. The molecular weight excluding hydrogens is 172 g/mol. The first kappa shape index (κ1) is 10.9. The normalized spacial score (nSPS) is 10.6. The Balaban J connectivity index is 3.00. The number of rotatable bonds is 3. The fourth-order valence-corrected chi connectivity index (χ4v) is 1.68. The first-order valence-corrected chi connectivity index (χ1v) is 5.19. The number of nitrogens with two attached hydrogens (primary N) is 1. The molecule has 1 aromatic rings. The predicted octanol–water partition coefficient (Wildman–Crippen LogP) is 2.81. The molecule has 0 heterocycles. The molecule has 0 atom stereocenters. The molecule has 2 N–H and O–H groups in total. The monoisotopic (exact) mass is 192 g/mol. The maximum atomic E-state index is 5.79. The predicted molar refractivity (Wildman–Crippen MR) is 63.7 cm³/mol. The van der Waals surface area contributed by atoms with E-state index >= 15 is 0 Å². The molecule has 2 nitrogen and oxygen atoms in total. The molecular formula is C12H20N2.